The highest BCUT2D eigenvalue weighted by Gasteiger charge is 2.40. The fraction of sp³-hybridized carbons (Fsp3) is 0.750. The fourth-order valence-electron chi connectivity index (χ4n) is 5.67. The quantitative estimate of drug-likeness (QED) is 0.232. The number of rotatable bonds is 15. The minimum absolute atomic E-state index is 0.171. The first-order valence-corrected chi connectivity index (χ1v) is 17.4. The number of aliphatic hydroxyl groups excluding tert-OH is 1. The van der Waals surface area contributed by atoms with E-state index >= 15 is 0 Å². The van der Waals surface area contributed by atoms with Crippen molar-refractivity contribution in [2.75, 3.05) is 19.7 Å². The van der Waals surface area contributed by atoms with Gasteiger partial charge in [0.2, 0.25) is 5.91 Å². The molecule has 10 nitrogen and oxygen atoms in total. The van der Waals surface area contributed by atoms with Crippen molar-refractivity contribution in [3.8, 4) is 0 Å². The van der Waals surface area contributed by atoms with Gasteiger partial charge in [-0.3, -0.25) is 4.79 Å². The van der Waals surface area contributed by atoms with Crippen molar-refractivity contribution in [2.24, 2.45) is 17.8 Å². The van der Waals surface area contributed by atoms with Crippen LogP contribution in [0.2, 0.25) is 0 Å². The molecule has 2 aliphatic rings. The molecule has 0 saturated heterocycles. The van der Waals surface area contributed by atoms with E-state index in [1.807, 2.05) is 44.2 Å². The van der Waals surface area contributed by atoms with Gasteiger partial charge in [-0.25, -0.2) is 4.79 Å². The Balaban J connectivity index is 1.67. The van der Waals surface area contributed by atoms with E-state index in [4.69, 9.17) is 4.74 Å². The van der Waals surface area contributed by atoms with Crippen molar-refractivity contribution in [1.82, 2.24) is 19.7 Å². The predicted molar refractivity (Wildman–Crippen MR) is 168 cm³/mol. The van der Waals surface area contributed by atoms with Gasteiger partial charge in [0, 0.05) is 24.7 Å². The molecule has 4 unspecified atom stereocenters. The van der Waals surface area contributed by atoms with Crippen molar-refractivity contribution in [3.05, 3.63) is 35.9 Å². The Hall–Kier alpha value is -2.21. The second kappa shape index (κ2) is 16.2. The normalized spacial score (nSPS) is 21.2. The molecule has 3 rings (SSSR count). The second-order valence-corrected chi connectivity index (χ2v) is 15.5. The highest BCUT2D eigenvalue weighted by Crippen LogP contribution is 2.29. The maximum Gasteiger partial charge on any atom is 0.407 e. The van der Waals surface area contributed by atoms with Gasteiger partial charge in [0.15, 0.2) is 0 Å². The van der Waals surface area contributed by atoms with E-state index in [0.717, 1.165) is 18.4 Å². The third-order valence-corrected chi connectivity index (χ3v) is 10.2. The Labute approximate surface area is 258 Å². The average Bonchev–Trinajstić information content (AvgIpc) is 2.91. The number of amides is 2. The molecule has 2 amide bonds. The third kappa shape index (κ3) is 12.0. The molecule has 11 heteroatoms. The van der Waals surface area contributed by atoms with Crippen LogP contribution in [0.5, 0.6) is 0 Å². The Morgan fingerprint density at radius 3 is 2.30 bits per heavy atom. The Morgan fingerprint density at radius 1 is 1.05 bits per heavy atom. The van der Waals surface area contributed by atoms with Crippen molar-refractivity contribution in [1.29, 1.82) is 0 Å². The van der Waals surface area contributed by atoms with Crippen molar-refractivity contribution in [2.45, 2.75) is 116 Å². The van der Waals surface area contributed by atoms with Gasteiger partial charge in [-0.15, -0.1) is 0 Å². The molecule has 1 aromatic rings. The van der Waals surface area contributed by atoms with Gasteiger partial charge < -0.3 is 20.5 Å². The van der Waals surface area contributed by atoms with Crippen molar-refractivity contribution >= 4 is 22.2 Å². The number of carbonyl (C=O) groups is 2. The van der Waals surface area contributed by atoms with Gasteiger partial charge in [0.05, 0.1) is 24.7 Å². The number of alkyl carbamates (subject to hydrolysis) is 1. The number of carbonyl (C=O) groups excluding carboxylic acids is 2. The lowest BCUT2D eigenvalue weighted by Crippen LogP contribution is -2.58. The highest BCUT2D eigenvalue weighted by atomic mass is 32.2. The zero-order valence-electron chi connectivity index (χ0n) is 26.7. The maximum absolute atomic E-state index is 13.5. The first kappa shape index (κ1) is 35.3. The van der Waals surface area contributed by atoms with E-state index in [1.54, 1.807) is 20.8 Å². The number of ether oxygens (including phenoxy) is 1. The maximum atomic E-state index is 13.5. The monoisotopic (exact) mass is 622 g/mol. The molecule has 0 heterocycles. The van der Waals surface area contributed by atoms with Gasteiger partial charge in [-0.2, -0.15) is 17.4 Å². The zero-order chi connectivity index (χ0) is 31.6. The van der Waals surface area contributed by atoms with Gasteiger partial charge in [-0.1, -0.05) is 63.4 Å². The summed E-state index contributed by atoms with van der Waals surface area (Å²) in [5, 5.41) is 17.3. The number of nitrogens with one attached hydrogen (secondary N) is 3. The van der Waals surface area contributed by atoms with Crippen LogP contribution in [0.4, 0.5) is 4.79 Å². The number of aliphatic hydroxyl groups is 1. The molecule has 1 aromatic carbocycles. The van der Waals surface area contributed by atoms with Crippen LogP contribution in [0, 0.1) is 17.8 Å². The Kier molecular flexibility index (Phi) is 13.3. The summed E-state index contributed by atoms with van der Waals surface area (Å²) in [7, 11) is -3.90. The largest absolute Gasteiger partial charge is 0.449 e. The zero-order valence-corrected chi connectivity index (χ0v) is 27.5. The van der Waals surface area contributed by atoms with E-state index in [9.17, 15) is 23.1 Å². The van der Waals surface area contributed by atoms with Crippen LogP contribution < -0.4 is 15.4 Å². The number of benzene rings is 1. The van der Waals surface area contributed by atoms with Crippen LogP contribution in [-0.4, -0.2) is 73.3 Å². The number of hydrogen-bond donors (Lipinski definition) is 4. The molecule has 0 aromatic heterocycles. The summed E-state index contributed by atoms with van der Waals surface area (Å²) in [6.07, 6.45) is 6.31. The molecule has 0 spiro atoms. The van der Waals surface area contributed by atoms with E-state index in [0.29, 0.717) is 38.2 Å². The topological polar surface area (TPSA) is 137 Å². The van der Waals surface area contributed by atoms with E-state index in [2.05, 4.69) is 15.4 Å². The number of nitrogens with zero attached hydrogens (tertiary/aromatic N) is 1. The summed E-state index contributed by atoms with van der Waals surface area (Å²) in [6.45, 7) is 9.83. The SMILES string of the molecule is CC(C)CCN(CC(O)C(Cc1ccccc1)NC(=O)C1CCC1NC(=O)OCC1CCCCC1)S(=O)(=O)NC(C)(C)C. The molecule has 4 N–H and O–H groups in total. The lowest BCUT2D eigenvalue weighted by molar-refractivity contribution is -0.130. The van der Waals surface area contributed by atoms with E-state index < -0.39 is 39.9 Å². The summed E-state index contributed by atoms with van der Waals surface area (Å²) in [5.41, 5.74) is 0.215. The van der Waals surface area contributed by atoms with Crippen LogP contribution in [0.15, 0.2) is 30.3 Å². The van der Waals surface area contributed by atoms with Gasteiger partial charge in [0.1, 0.15) is 0 Å². The smallest absolute Gasteiger partial charge is 0.407 e. The summed E-state index contributed by atoms with van der Waals surface area (Å²) < 4.78 is 36.1. The minimum atomic E-state index is -3.90. The predicted octanol–water partition coefficient (Wildman–Crippen LogP) is 4.14. The molecule has 2 aliphatic carbocycles. The molecule has 2 fully saturated rings. The lowest BCUT2D eigenvalue weighted by Gasteiger charge is -2.38. The molecular formula is C32H54N4O6S. The van der Waals surface area contributed by atoms with Crippen LogP contribution in [0.25, 0.3) is 0 Å². The van der Waals surface area contributed by atoms with Crippen molar-refractivity contribution < 1.29 is 27.9 Å². The molecule has 4 atom stereocenters. The molecule has 0 bridgehead atoms. The molecule has 244 valence electrons. The van der Waals surface area contributed by atoms with Crippen LogP contribution >= 0.6 is 0 Å². The minimum Gasteiger partial charge on any atom is -0.449 e. The molecular weight excluding hydrogens is 568 g/mol. The van der Waals surface area contributed by atoms with Gasteiger partial charge >= 0.3 is 6.09 Å². The molecule has 43 heavy (non-hydrogen) atoms. The van der Waals surface area contributed by atoms with Crippen molar-refractivity contribution in [3.63, 3.8) is 0 Å². The van der Waals surface area contributed by atoms with Gasteiger partial charge in [-0.05, 0) is 76.7 Å². The molecule has 2 saturated carbocycles. The highest BCUT2D eigenvalue weighted by molar-refractivity contribution is 7.87. The standard InChI is InChI=1S/C32H54N4O6S/c1-23(2)18-19-36(43(40,41)35-32(3,4)5)21-29(37)28(20-24-12-8-6-9-13-24)33-30(38)26-16-17-27(26)34-31(39)42-22-25-14-10-7-11-15-25/h6,8-9,12-13,23,25-29,35,37H,7,10-11,14-22H2,1-5H3,(H,33,38)(H,34,39). The summed E-state index contributed by atoms with van der Waals surface area (Å²) >= 11 is 0. The van der Waals surface area contributed by atoms with Crippen LogP contribution in [-0.2, 0) is 26.2 Å². The van der Waals surface area contributed by atoms with Gasteiger partial charge in [0.25, 0.3) is 10.2 Å². The number of hydrogen-bond acceptors (Lipinski definition) is 6. The summed E-state index contributed by atoms with van der Waals surface area (Å²) in [4.78, 5) is 25.9. The molecule has 0 radical (unpaired) electrons. The Bertz CT molecular complexity index is 1120. The Morgan fingerprint density at radius 2 is 1.72 bits per heavy atom. The average molecular weight is 623 g/mol. The summed E-state index contributed by atoms with van der Waals surface area (Å²) in [5.74, 6) is -0.0475. The summed E-state index contributed by atoms with van der Waals surface area (Å²) in [6, 6.07) is 8.42. The first-order chi connectivity index (χ1) is 20.2. The van der Waals surface area contributed by atoms with E-state index in [-0.39, 0.29) is 31.0 Å². The van der Waals surface area contributed by atoms with Crippen LogP contribution in [0.1, 0.15) is 91.5 Å². The molecule has 0 aliphatic heterocycles. The van der Waals surface area contributed by atoms with Crippen LogP contribution in [0.3, 0.4) is 0 Å². The van der Waals surface area contributed by atoms with E-state index in [1.165, 1.54) is 23.6 Å². The first-order valence-electron chi connectivity index (χ1n) is 16.0. The fourth-order valence-corrected chi connectivity index (χ4v) is 7.26. The lowest BCUT2D eigenvalue weighted by atomic mass is 9.78. The third-order valence-electron chi connectivity index (χ3n) is 8.30. The second-order valence-electron chi connectivity index (χ2n) is 13.8.